The highest BCUT2D eigenvalue weighted by Crippen LogP contribution is 2.34. The van der Waals surface area contributed by atoms with E-state index in [0.29, 0.717) is 47.1 Å². The lowest BCUT2D eigenvalue weighted by atomic mass is 9.95. The van der Waals surface area contributed by atoms with E-state index >= 15 is 0 Å². The number of anilines is 2. The van der Waals surface area contributed by atoms with Crippen molar-refractivity contribution in [1.82, 2.24) is 4.90 Å². The molecule has 38 heavy (non-hydrogen) atoms. The van der Waals surface area contributed by atoms with E-state index in [9.17, 15) is 9.59 Å². The van der Waals surface area contributed by atoms with Gasteiger partial charge in [-0.3, -0.25) is 9.59 Å². The molecule has 196 valence electrons. The van der Waals surface area contributed by atoms with E-state index in [4.69, 9.17) is 39.6 Å². The Morgan fingerprint density at radius 3 is 2.42 bits per heavy atom. The third-order valence-corrected chi connectivity index (χ3v) is 7.33. The number of oxime groups is 1. The van der Waals surface area contributed by atoms with E-state index < -0.39 is 16.8 Å². The number of para-hydroxylation sites is 1. The highest BCUT2D eigenvalue weighted by molar-refractivity contribution is 6.54. The molecular weight excluding hydrogens is 547 g/mol. The first-order valence-electron chi connectivity index (χ1n) is 12.2. The van der Waals surface area contributed by atoms with Crippen molar-refractivity contribution < 1.29 is 14.4 Å². The van der Waals surface area contributed by atoms with Gasteiger partial charge in [0, 0.05) is 49.5 Å². The molecule has 0 aromatic heterocycles. The molecule has 7 nitrogen and oxygen atoms in total. The molecule has 1 fully saturated rings. The molecule has 3 aromatic carbocycles. The number of halogens is 3. The van der Waals surface area contributed by atoms with Crippen molar-refractivity contribution in [2.24, 2.45) is 5.16 Å². The number of amides is 2. The molecule has 5 rings (SSSR count). The molecule has 0 spiro atoms. The number of piperazine rings is 1. The molecule has 1 unspecified atom stereocenters. The Balaban J connectivity index is 1.30. The number of hydrogen-bond donors (Lipinski definition) is 1. The quantitative estimate of drug-likeness (QED) is 0.373. The van der Waals surface area contributed by atoms with Gasteiger partial charge in [-0.2, -0.15) is 0 Å². The molecule has 10 heteroatoms. The maximum absolute atomic E-state index is 13.6. The van der Waals surface area contributed by atoms with Crippen LogP contribution in [0.1, 0.15) is 34.0 Å². The van der Waals surface area contributed by atoms with Crippen LogP contribution in [0.15, 0.2) is 78.0 Å². The lowest BCUT2D eigenvalue weighted by molar-refractivity contribution is -0.114. The molecule has 3 aromatic rings. The van der Waals surface area contributed by atoms with Crippen LogP contribution in [0.5, 0.6) is 0 Å². The van der Waals surface area contributed by atoms with Gasteiger partial charge >= 0.3 is 0 Å². The third kappa shape index (κ3) is 5.75. The molecule has 2 amide bonds. The molecule has 2 heterocycles. The van der Waals surface area contributed by atoms with Crippen LogP contribution in [0.2, 0.25) is 5.02 Å². The summed E-state index contributed by atoms with van der Waals surface area (Å²) in [5.74, 6) is -0.596. The van der Waals surface area contributed by atoms with Gasteiger partial charge < -0.3 is 20.0 Å². The van der Waals surface area contributed by atoms with Gasteiger partial charge in [0.2, 0.25) is 0 Å². The summed E-state index contributed by atoms with van der Waals surface area (Å²) in [5, 5.41) is 7.41. The minimum Gasteiger partial charge on any atom is -0.387 e. The fraction of sp³-hybridized carbons (Fsp3) is 0.250. The highest BCUT2D eigenvalue weighted by Gasteiger charge is 2.31. The van der Waals surface area contributed by atoms with Crippen LogP contribution >= 0.6 is 34.8 Å². The van der Waals surface area contributed by atoms with Crippen LogP contribution in [0, 0.1) is 0 Å². The van der Waals surface area contributed by atoms with Crippen molar-refractivity contribution in [2.75, 3.05) is 36.4 Å². The van der Waals surface area contributed by atoms with Crippen LogP contribution in [0.3, 0.4) is 0 Å². The maximum atomic E-state index is 13.6. The Hall–Kier alpha value is -3.26. The van der Waals surface area contributed by atoms with Gasteiger partial charge in [-0.05, 0) is 42.0 Å². The van der Waals surface area contributed by atoms with Gasteiger partial charge in [0.05, 0.1) is 16.3 Å². The predicted molar refractivity (Wildman–Crippen MR) is 152 cm³/mol. The number of alkyl halides is 2. The number of benzene rings is 3. The van der Waals surface area contributed by atoms with Crippen molar-refractivity contribution in [3.8, 4) is 0 Å². The summed E-state index contributed by atoms with van der Waals surface area (Å²) in [6.45, 7) is 2.71. The number of rotatable bonds is 6. The SMILES string of the molecule is O=C(Nc1cccc(C2CC(c3c(Cl)cccc3C(=O)N3CCN(c4ccccc4)CC3)=NO2)c1)C(Cl)Cl. The predicted octanol–water partition coefficient (Wildman–Crippen LogP) is 5.91. The second-order valence-electron chi connectivity index (χ2n) is 9.03. The van der Waals surface area contributed by atoms with Crippen LogP contribution in [0.4, 0.5) is 11.4 Å². The second-order valence-corrected chi connectivity index (χ2v) is 10.5. The van der Waals surface area contributed by atoms with Gasteiger partial charge in [-0.1, -0.05) is 76.4 Å². The normalized spacial score (nSPS) is 17.3. The Bertz CT molecular complexity index is 1360. The molecule has 1 saturated heterocycles. The van der Waals surface area contributed by atoms with Gasteiger partial charge in [-0.15, -0.1) is 0 Å². The summed E-state index contributed by atoms with van der Waals surface area (Å²) in [7, 11) is 0. The fourth-order valence-corrected chi connectivity index (χ4v) is 5.08. The summed E-state index contributed by atoms with van der Waals surface area (Å²) < 4.78 is 0. The van der Waals surface area contributed by atoms with Crippen LogP contribution in [-0.4, -0.2) is 53.4 Å². The summed E-state index contributed by atoms with van der Waals surface area (Å²) in [4.78, 5) is 34.2. The van der Waals surface area contributed by atoms with Crippen molar-refractivity contribution >= 4 is 63.7 Å². The van der Waals surface area contributed by atoms with Crippen molar-refractivity contribution in [1.29, 1.82) is 0 Å². The van der Waals surface area contributed by atoms with Gasteiger partial charge in [0.1, 0.15) is 0 Å². The first kappa shape index (κ1) is 26.4. The standard InChI is InChI=1S/C28H25Cl3N4O3/c29-22-11-5-10-21(28(37)35-14-12-34(13-15-35)20-8-2-1-3-9-20)25(22)23-17-24(38-33-23)18-6-4-7-19(16-18)32-27(36)26(30)31/h1-11,16,24,26H,12-15,17H2,(H,32,36). The maximum Gasteiger partial charge on any atom is 0.257 e. The van der Waals surface area contributed by atoms with Crippen molar-refractivity contribution in [2.45, 2.75) is 17.4 Å². The van der Waals surface area contributed by atoms with Gasteiger partial charge in [-0.25, -0.2) is 0 Å². The summed E-state index contributed by atoms with van der Waals surface area (Å²) in [6.07, 6.45) is 0.00917. The number of carbonyl (C=O) groups is 2. The lowest BCUT2D eigenvalue weighted by Crippen LogP contribution is -2.49. The zero-order valence-electron chi connectivity index (χ0n) is 20.3. The number of nitrogens with one attached hydrogen (secondary N) is 1. The second kappa shape index (κ2) is 11.6. The zero-order valence-corrected chi connectivity index (χ0v) is 22.6. The fourth-order valence-electron chi connectivity index (χ4n) is 4.69. The lowest BCUT2D eigenvalue weighted by Gasteiger charge is -2.36. The summed E-state index contributed by atoms with van der Waals surface area (Å²) in [6, 6.07) is 22.7. The topological polar surface area (TPSA) is 74.2 Å². The minimum absolute atomic E-state index is 0.0808. The number of carbonyl (C=O) groups excluding carboxylic acids is 2. The Morgan fingerprint density at radius 2 is 1.68 bits per heavy atom. The molecule has 1 atom stereocenters. The number of hydrogen-bond acceptors (Lipinski definition) is 5. The average molecular weight is 572 g/mol. The van der Waals surface area contributed by atoms with Gasteiger partial charge in [0.15, 0.2) is 10.9 Å². The zero-order chi connectivity index (χ0) is 26.6. The first-order valence-corrected chi connectivity index (χ1v) is 13.5. The monoisotopic (exact) mass is 570 g/mol. The largest absolute Gasteiger partial charge is 0.387 e. The average Bonchev–Trinajstić information content (AvgIpc) is 3.43. The molecule has 0 aliphatic carbocycles. The van der Waals surface area contributed by atoms with E-state index in [1.165, 1.54) is 0 Å². The molecule has 2 aliphatic rings. The Kier molecular flexibility index (Phi) is 8.07. The van der Waals surface area contributed by atoms with E-state index in [1.807, 2.05) is 29.2 Å². The van der Waals surface area contributed by atoms with Crippen LogP contribution < -0.4 is 10.2 Å². The molecule has 0 bridgehead atoms. The smallest absolute Gasteiger partial charge is 0.257 e. The Labute approximate surface area is 235 Å². The van der Waals surface area contributed by atoms with E-state index in [2.05, 4.69) is 27.5 Å². The first-order chi connectivity index (χ1) is 18.4. The van der Waals surface area contributed by atoms with E-state index in [0.717, 1.165) is 24.3 Å². The van der Waals surface area contributed by atoms with Crippen LogP contribution in [0.25, 0.3) is 0 Å². The third-order valence-electron chi connectivity index (χ3n) is 6.61. The van der Waals surface area contributed by atoms with E-state index in [-0.39, 0.29) is 5.91 Å². The van der Waals surface area contributed by atoms with Gasteiger partial charge in [0.25, 0.3) is 11.8 Å². The number of nitrogens with zero attached hydrogens (tertiary/aromatic N) is 3. The minimum atomic E-state index is -1.17. The van der Waals surface area contributed by atoms with Crippen molar-refractivity contribution in [3.05, 3.63) is 94.5 Å². The summed E-state index contributed by atoms with van der Waals surface area (Å²) in [5.41, 5.74) is 4.19. The molecule has 1 N–H and O–H groups in total. The molecule has 2 aliphatic heterocycles. The van der Waals surface area contributed by atoms with Crippen LogP contribution in [-0.2, 0) is 9.63 Å². The molecule has 0 radical (unpaired) electrons. The summed E-state index contributed by atoms with van der Waals surface area (Å²) >= 11 is 17.9. The molecular formula is C28H25Cl3N4O3. The molecule has 0 saturated carbocycles. The Morgan fingerprint density at radius 1 is 0.947 bits per heavy atom. The highest BCUT2D eigenvalue weighted by atomic mass is 35.5. The van der Waals surface area contributed by atoms with E-state index in [1.54, 1.807) is 36.4 Å². The van der Waals surface area contributed by atoms with Crippen molar-refractivity contribution in [3.63, 3.8) is 0 Å².